The minimum atomic E-state index is -0.843. The van der Waals surface area contributed by atoms with E-state index in [4.69, 9.17) is 0 Å². The summed E-state index contributed by atoms with van der Waals surface area (Å²) < 4.78 is 25.8. The summed E-state index contributed by atoms with van der Waals surface area (Å²) in [7, 11) is 0. The lowest BCUT2D eigenvalue weighted by Crippen LogP contribution is -2.17. The van der Waals surface area contributed by atoms with Gasteiger partial charge in [-0.3, -0.25) is 0 Å². The van der Waals surface area contributed by atoms with Gasteiger partial charge < -0.3 is 5.11 Å². The Morgan fingerprint density at radius 2 is 1.89 bits per heavy atom. The van der Waals surface area contributed by atoms with Crippen LogP contribution in [0, 0.1) is 11.6 Å². The van der Waals surface area contributed by atoms with Crippen molar-refractivity contribution in [2.24, 2.45) is 0 Å². The second kappa shape index (κ2) is 7.25. The van der Waals surface area contributed by atoms with Crippen molar-refractivity contribution in [2.45, 2.75) is 49.9 Å². The molecule has 0 amide bonds. The normalized spacial score (nSPS) is 18.5. The summed E-state index contributed by atoms with van der Waals surface area (Å²) in [5.74, 6) is -1.01. The molecule has 1 aliphatic rings. The maximum atomic E-state index is 13.0. The molecule has 2 rings (SSSR count). The van der Waals surface area contributed by atoms with E-state index in [1.54, 1.807) is 0 Å². The Morgan fingerprint density at radius 1 is 1.16 bits per heavy atom. The number of hydrogen-bond acceptors (Lipinski definition) is 2. The van der Waals surface area contributed by atoms with Gasteiger partial charge in [-0.25, -0.2) is 8.78 Å². The van der Waals surface area contributed by atoms with Gasteiger partial charge >= 0.3 is 0 Å². The van der Waals surface area contributed by atoms with Gasteiger partial charge in [-0.2, -0.15) is 11.8 Å². The SMILES string of the molecule is OC(CSC1CCCCC1)Cc1ccc(F)c(F)c1. The molecule has 0 aromatic heterocycles. The van der Waals surface area contributed by atoms with Gasteiger partial charge in [0.2, 0.25) is 0 Å². The summed E-state index contributed by atoms with van der Waals surface area (Å²) in [6.45, 7) is 0. The summed E-state index contributed by atoms with van der Waals surface area (Å²) >= 11 is 1.81. The van der Waals surface area contributed by atoms with Crippen LogP contribution in [0.1, 0.15) is 37.7 Å². The standard InChI is InChI=1S/C15H20F2OS/c16-14-7-6-11(9-15(14)17)8-12(18)10-19-13-4-2-1-3-5-13/h6-7,9,12-13,18H,1-5,8,10H2. The Hall–Kier alpha value is -0.610. The van der Waals surface area contributed by atoms with Crippen LogP contribution >= 0.6 is 11.8 Å². The Balaban J connectivity index is 1.76. The summed E-state index contributed by atoms with van der Waals surface area (Å²) in [6.07, 6.45) is 6.28. The van der Waals surface area contributed by atoms with Gasteiger partial charge in [0.15, 0.2) is 11.6 Å². The van der Waals surface area contributed by atoms with Crippen molar-refractivity contribution in [1.29, 1.82) is 0 Å². The zero-order valence-electron chi connectivity index (χ0n) is 10.9. The molecule has 0 bridgehead atoms. The third kappa shape index (κ3) is 4.77. The third-order valence-corrected chi connectivity index (χ3v) is 5.05. The highest BCUT2D eigenvalue weighted by molar-refractivity contribution is 7.99. The summed E-state index contributed by atoms with van der Waals surface area (Å²) in [4.78, 5) is 0. The van der Waals surface area contributed by atoms with Crippen molar-refractivity contribution in [3.8, 4) is 0 Å². The number of aliphatic hydroxyl groups is 1. The molecule has 1 nitrogen and oxygen atoms in total. The Bertz CT molecular complexity index is 405. The third-order valence-electron chi connectivity index (χ3n) is 3.53. The number of hydrogen-bond donors (Lipinski definition) is 1. The van der Waals surface area contributed by atoms with E-state index in [1.807, 2.05) is 11.8 Å². The van der Waals surface area contributed by atoms with Crippen molar-refractivity contribution in [2.75, 3.05) is 5.75 Å². The lowest BCUT2D eigenvalue weighted by atomic mass is 10.0. The molecule has 0 radical (unpaired) electrons. The largest absolute Gasteiger partial charge is 0.392 e. The molecule has 1 aromatic carbocycles. The molecule has 1 aliphatic carbocycles. The highest BCUT2D eigenvalue weighted by atomic mass is 32.2. The first-order chi connectivity index (χ1) is 9.15. The Kier molecular flexibility index (Phi) is 5.64. The van der Waals surface area contributed by atoms with Gasteiger partial charge in [0.05, 0.1) is 6.10 Å². The van der Waals surface area contributed by atoms with Gasteiger partial charge in [0, 0.05) is 11.0 Å². The Labute approximate surface area is 117 Å². The van der Waals surface area contributed by atoms with E-state index >= 15 is 0 Å². The van der Waals surface area contributed by atoms with Gasteiger partial charge in [0.1, 0.15) is 0 Å². The number of benzene rings is 1. The summed E-state index contributed by atoms with van der Waals surface area (Å²) in [5, 5.41) is 10.6. The average molecular weight is 286 g/mol. The molecule has 1 saturated carbocycles. The molecular formula is C15H20F2OS. The fourth-order valence-electron chi connectivity index (χ4n) is 2.48. The molecule has 1 aromatic rings. The van der Waals surface area contributed by atoms with Gasteiger partial charge in [0.25, 0.3) is 0 Å². The first-order valence-electron chi connectivity index (χ1n) is 6.89. The van der Waals surface area contributed by atoms with Crippen molar-refractivity contribution in [1.82, 2.24) is 0 Å². The van der Waals surface area contributed by atoms with E-state index in [9.17, 15) is 13.9 Å². The molecule has 1 N–H and O–H groups in total. The first-order valence-corrected chi connectivity index (χ1v) is 7.93. The van der Waals surface area contributed by atoms with Crippen LogP contribution in [0.4, 0.5) is 8.78 Å². The highest BCUT2D eigenvalue weighted by Crippen LogP contribution is 2.28. The van der Waals surface area contributed by atoms with Crippen LogP contribution in [0.3, 0.4) is 0 Å². The fraction of sp³-hybridized carbons (Fsp3) is 0.600. The van der Waals surface area contributed by atoms with Crippen LogP contribution in [0.2, 0.25) is 0 Å². The van der Waals surface area contributed by atoms with E-state index in [0.29, 0.717) is 23.0 Å². The number of thioether (sulfide) groups is 1. The lowest BCUT2D eigenvalue weighted by Gasteiger charge is -2.22. The zero-order chi connectivity index (χ0) is 13.7. The number of rotatable bonds is 5. The van der Waals surface area contributed by atoms with Gasteiger partial charge in [-0.1, -0.05) is 25.3 Å². The quantitative estimate of drug-likeness (QED) is 0.885. The second-order valence-electron chi connectivity index (χ2n) is 5.20. The highest BCUT2D eigenvalue weighted by Gasteiger charge is 2.16. The molecule has 0 aliphatic heterocycles. The monoisotopic (exact) mass is 286 g/mol. The molecule has 19 heavy (non-hydrogen) atoms. The van der Waals surface area contributed by atoms with Crippen LogP contribution in [0.15, 0.2) is 18.2 Å². The number of aliphatic hydroxyl groups excluding tert-OH is 1. The molecular weight excluding hydrogens is 266 g/mol. The molecule has 106 valence electrons. The molecule has 0 saturated heterocycles. The lowest BCUT2D eigenvalue weighted by molar-refractivity contribution is 0.199. The van der Waals surface area contributed by atoms with Crippen LogP contribution in [0.5, 0.6) is 0 Å². The molecule has 1 atom stereocenters. The van der Waals surface area contributed by atoms with E-state index < -0.39 is 17.7 Å². The van der Waals surface area contributed by atoms with Crippen LogP contribution < -0.4 is 0 Å². The number of halogens is 2. The predicted molar refractivity (Wildman–Crippen MR) is 75.4 cm³/mol. The molecule has 4 heteroatoms. The van der Waals surface area contributed by atoms with Crippen molar-refractivity contribution in [3.05, 3.63) is 35.4 Å². The van der Waals surface area contributed by atoms with Crippen LogP contribution in [0.25, 0.3) is 0 Å². The first kappa shape index (κ1) is 14.8. The fourth-order valence-corrected chi connectivity index (χ4v) is 3.76. The van der Waals surface area contributed by atoms with Gasteiger partial charge in [-0.05, 0) is 37.0 Å². The second-order valence-corrected chi connectivity index (χ2v) is 6.53. The van der Waals surface area contributed by atoms with E-state index in [2.05, 4.69) is 0 Å². The molecule has 1 unspecified atom stereocenters. The minimum Gasteiger partial charge on any atom is -0.392 e. The zero-order valence-corrected chi connectivity index (χ0v) is 11.8. The van der Waals surface area contributed by atoms with E-state index in [0.717, 1.165) is 6.07 Å². The predicted octanol–water partition coefficient (Wildman–Crippen LogP) is 3.93. The smallest absolute Gasteiger partial charge is 0.159 e. The maximum absolute atomic E-state index is 13.0. The summed E-state index contributed by atoms with van der Waals surface area (Å²) in [5.41, 5.74) is 0.649. The van der Waals surface area contributed by atoms with E-state index in [1.165, 1.54) is 44.2 Å². The van der Waals surface area contributed by atoms with Crippen LogP contribution in [-0.4, -0.2) is 22.2 Å². The van der Waals surface area contributed by atoms with Crippen LogP contribution in [-0.2, 0) is 6.42 Å². The van der Waals surface area contributed by atoms with Crippen molar-refractivity contribution >= 4 is 11.8 Å². The Morgan fingerprint density at radius 3 is 2.58 bits per heavy atom. The van der Waals surface area contributed by atoms with Gasteiger partial charge in [-0.15, -0.1) is 0 Å². The summed E-state index contributed by atoms with van der Waals surface area (Å²) in [6, 6.07) is 3.82. The molecule has 1 fully saturated rings. The van der Waals surface area contributed by atoms with E-state index in [-0.39, 0.29) is 0 Å². The van der Waals surface area contributed by atoms with Crippen molar-refractivity contribution < 1.29 is 13.9 Å². The maximum Gasteiger partial charge on any atom is 0.159 e. The molecule has 0 spiro atoms. The molecule has 0 heterocycles. The minimum absolute atomic E-state index is 0.386. The average Bonchev–Trinajstić information content (AvgIpc) is 2.42. The van der Waals surface area contributed by atoms with Crippen molar-refractivity contribution in [3.63, 3.8) is 0 Å². The topological polar surface area (TPSA) is 20.2 Å².